The second kappa shape index (κ2) is 10.3. The van der Waals surface area contributed by atoms with Gasteiger partial charge in [0.05, 0.1) is 30.5 Å². The van der Waals surface area contributed by atoms with Crippen molar-refractivity contribution in [3.05, 3.63) is 18.2 Å². The highest BCUT2D eigenvalue weighted by atomic mass is 16.2. The maximum absolute atomic E-state index is 12.3. The quantitative estimate of drug-likeness (QED) is 0.312. The van der Waals surface area contributed by atoms with Gasteiger partial charge in [-0.1, -0.05) is 13.8 Å². The number of nitrogens with one attached hydrogen (secondary N) is 3. The number of H-pyrrole nitrogens is 1. The van der Waals surface area contributed by atoms with Gasteiger partial charge in [-0.2, -0.15) is 0 Å². The van der Waals surface area contributed by atoms with Crippen LogP contribution < -0.4 is 22.1 Å². The predicted molar refractivity (Wildman–Crippen MR) is 93.1 cm³/mol. The van der Waals surface area contributed by atoms with Gasteiger partial charge in [0, 0.05) is 12.6 Å². The van der Waals surface area contributed by atoms with Crippen molar-refractivity contribution in [2.24, 2.45) is 17.4 Å². The normalized spacial score (nSPS) is 14.3. The molecule has 0 spiro atoms. The number of rotatable bonds is 11. The van der Waals surface area contributed by atoms with Crippen LogP contribution in [0.4, 0.5) is 0 Å². The summed E-state index contributed by atoms with van der Waals surface area (Å²) in [5, 5.41) is 4.85. The minimum absolute atomic E-state index is 0.146. The minimum atomic E-state index is -1.23. The van der Waals surface area contributed by atoms with Crippen LogP contribution in [0, 0.1) is 5.92 Å². The van der Waals surface area contributed by atoms with Crippen molar-refractivity contribution in [3.8, 4) is 0 Å². The molecule has 1 heterocycles. The summed E-state index contributed by atoms with van der Waals surface area (Å²) < 4.78 is 0. The van der Waals surface area contributed by atoms with Crippen LogP contribution in [-0.2, 0) is 25.6 Å². The van der Waals surface area contributed by atoms with E-state index in [4.69, 9.17) is 11.5 Å². The Kier molecular flexibility index (Phi) is 8.43. The Morgan fingerprint density at radius 2 is 1.96 bits per heavy atom. The summed E-state index contributed by atoms with van der Waals surface area (Å²) in [4.78, 5) is 53.5. The molecule has 1 radical (unpaired) electrons. The van der Waals surface area contributed by atoms with Crippen LogP contribution in [0.1, 0.15) is 32.4 Å². The molecule has 26 heavy (non-hydrogen) atoms. The molecule has 7 N–H and O–H groups in total. The van der Waals surface area contributed by atoms with Gasteiger partial charge in [0.25, 0.3) is 0 Å². The Labute approximate surface area is 151 Å². The molecule has 0 aliphatic carbocycles. The third-order valence-corrected chi connectivity index (χ3v) is 3.52. The molecule has 0 saturated heterocycles. The van der Waals surface area contributed by atoms with Crippen molar-refractivity contribution in [1.29, 1.82) is 0 Å². The lowest BCUT2D eigenvalue weighted by atomic mass is 10.0. The van der Waals surface area contributed by atoms with E-state index in [9.17, 15) is 19.2 Å². The number of nitrogens with zero attached hydrogens (tertiary/aromatic N) is 1. The number of amides is 3. The molecule has 0 aliphatic rings. The molecule has 3 amide bonds. The number of nitrogens with two attached hydrogens (primary N) is 2. The first-order chi connectivity index (χ1) is 12.2. The van der Waals surface area contributed by atoms with E-state index in [0.29, 0.717) is 12.1 Å². The molecule has 3 atom stereocenters. The average Bonchev–Trinajstić information content (AvgIpc) is 3.05. The highest BCUT2D eigenvalue weighted by Gasteiger charge is 2.27. The molecule has 0 unspecified atom stereocenters. The summed E-state index contributed by atoms with van der Waals surface area (Å²) >= 11 is 0. The molecule has 1 aromatic rings. The number of carbonyl (C=O) groups is 3. The van der Waals surface area contributed by atoms with Crippen LogP contribution in [-0.4, -0.2) is 52.1 Å². The second-order valence-corrected chi connectivity index (χ2v) is 6.41. The molecular formula is C16H25N6O4. The van der Waals surface area contributed by atoms with Gasteiger partial charge in [0.2, 0.25) is 24.0 Å². The largest absolute Gasteiger partial charge is 0.370 e. The van der Waals surface area contributed by atoms with Gasteiger partial charge in [-0.05, 0) is 12.3 Å². The first-order valence-electron chi connectivity index (χ1n) is 8.22. The topological polar surface area (TPSA) is 173 Å². The van der Waals surface area contributed by atoms with E-state index in [-0.39, 0.29) is 12.3 Å². The Morgan fingerprint density at radius 1 is 1.27 bits per heavy atom. The molecule has 0 aromatic carbocycles. The average molecular weight is 365 g/mol. The summed E-state index contributed by atoms with van der Waals surface area (Å²) in [5.74, 6) is -1.96. The van der Waals surface area contributed by atoms with Crippen molar-refractivity contribution >= 4 is 24.0 Å². The number of aromatic amines is 1. The van der Waals surface area contributed by atoms with E-state index in [2.05, 4.69) is 20.6 Å². The predicted octanol–water partition coefficient (Wildman–Crippen LogP) is -1.72. The third-order valence-electron chi connectivity index (χ3n) is 3.52. The lowest BCUT2D eigenvalue weighted by Crippen LogP contribution is -2.55. The van der Waals surface area contributed by atoms with Crippen LogP contribution in [0.2, 0.25) is 0 Å². The fourth-order valence-corrected chi connectivity index (χ4v) is 2.29. The summed E-state index contributed by atoms with van der Waals surface area (Å²) in [6.07, 6.45) is 4.89. The number of hydrogen-bond acceptors (Lipinski definition) is 6. The molecule has 1 aromatic heterocycles. The number of primary amides is 1. The fraction of sp³-hybridized carbons (Fsp3) is 0.562. The number of carbonyl (C=O) groups excluding carboxylic acids is 4. The standard InChI is InChI=1S/C16H25N6O4/c1-9(2)3-11(7-23)21-16(26)13(5-14(18)24)22-15(25)12(17)4-10-6-19-8-20-10/h6,8-9,11-13H,3-5,17H2,1-2H3,(H2,18,24)(H,19,20)(H,21,26)(H,22,25)/t11-,12-,13-/m0/s1. The Morgan fingerprint density at radius 3 is 2.46 bits per heavy atom. The summed E-state index contributed by atoms with van der Waals surface area (Å²) in [7, 11) is 0. The smallest absolute Gasteiger partial charge is 0.243 e. The van der Waals surface area contributed by atoms with Crippen molar-refractivity contribution in [2.75, 3.05) is 0 Å². The maximum Gasteiger partial charge on any atom is 0.243 e. The third kappa shape index (κ3) is 7.43. The van der Waals surface area contributed by atoms with Crippen LogP contribution in [0.25, 0.3) is 0 Å². The van der Waals surface area contributed by atoms with Gasteiger partial charge in [0.1, 0.15) is 6.04 Å². The minimum Gasteiger partial charge on any atom is -0.370 e. The monoisotopic (exact) mass is 365 g/mol. The highest BCUT2D eigenvalue weighted by molar-refractivity contribution is 5.93. The lowest BCUT2D eigenvalue weighted by molar-refractivity contribution is -0.131. The molecule has 0 aliphatic heterocycles. The van der Waals surface area contributed by atoms with Crippen LogP contribution in [0.15, 0.2) is 12.5 Å². The summed E-state index contributed by atoms with van der Waals surface area (Å²) in [5.41, 5.74) is 11.5. The van der Waals surface area contributed by atoms with Crippen LogP contribution in [0.5, 0.6) is 0 Å². The molecular weight excluding hydrogens is 340 g/mol. The molecule has 10 nitrogen and oxygen atoms in total. The van der Waals surface area contributed by atoms with E-state index in [1.165, 1.54) is 6.33 Å². The van der Waals surface area contributed by atoms with Crippen molar-refractivity contribution in [2.45, 2.75) is 51.2 Å². The van der Waals surface area contributed by atoms with Crippen molar-refractivity contribution < 1.29 is 19.2 Å². The van der Waals surface area contributed by atoms with Gasteiger partial charge < -0.3 is 27.1 Å². The molecule has 0 bridgehead atoms. The summed E-state index contributed by atoms with van der Waals surface area (Å²) in [6.45, 7) is 3.76. The van der Waals surface area contributed by atoms with Crippen molar-refractivity contribution in [1.82, 2.24) is 20.6 Å². The first kappa shape index (κ1) is 21.3. The van der Waals surface area contributed by atoms with E-state index in [1.54, 1.807) is 12.5 Å². The van der Waals surface area contributed by atoms with E-state index >= 15 is 0 Å². The van der Waals surface area contributed by atoms with Crippen LogP contribution >= 0.6 is 0 Å². The lowest BCUT2D eigenvalue weighted by Gasteiger charge is -2.22. The van der Waals surface area contributed by atoms with Crippen LogP contribution in [0.3, 0.4) is 0 Å². The Balaban J connectivity index is 2.72. The molecule has 0 saturated carbocycles. The number of aromatic nitrogens is 2. The van der Waals surface area contributed by atoms with E-state index in [1.807, 2.05) is 13.8 Å². The molecule has 10 heteroatoms. The first-order valence-corrected chi connectivity index (χ1v) is 8.22. The van der Waals surface area contributed by atoms with Gasteiger partial charge in [-0.3, -0.25) is 19.2 Å². The van der Waals surface area contributed by atoms with E-state index < -0.39 is 42.3 Å². The zero-order valence-corrected chi connectivity index (χ0v) is 14.8. The highest BCUT2D eigenvalue weighted by Crippen LogP contribution is 2.04. The van der Waals surface area contributed by atoms with Gasteiger partial charge in [0.15, 0.2) is 0 Å². The SMILES string of the molecule is CC(C)C[C@@H]([C]=O)NC(=O)[C@H](CC(N)=O)NC(=O)[C@@H](N)Cc1c[nH]cn1. The number of hydrogen-bond donors (Lipinski definition) is 5. The number of imidazole rings is 1. The van der Waals surface area contributed by atoms with Crippen molar-refractivity contribution in [3.63, 3.8) is 0 Å². The molecule has 1 rings (SSSR count). The molecule has 0 fully saturated rings. The van der Waals surface area contributed by atoms with Gasteiger partial charge >= 0.3 is 0 Å². The second-order valence-electron chi connectivity index (χ2n) is 6.41. The van der Waals surface area contributed by atoms with Gasteiger partial charge in [-0.15, -0.1) is 0 Å². The maximum atomic E-state index is 12.3. The van der Waals surface area contributed by atoms with E-state index in [0.717, 1.165) is 0 Å². The summed E-state index contributed by atoms with van der Waals surface area (Å²) in [6, 6.07) is -3.04. The zero-order chi connectivity index (χ0) is 19.7. The van der Waals surface area contributed by atoms with Gasteiger partial charge in [-0.25, -0.2) is 4.98 Å². The Bertz CT molecular complexity index is 616. The zero-order valence-electron chi connectivity index (χ0n) is 14.8. The molecule has 143 valence electrons. The fourth-order valence-electron chi connectivity index (χ4n) is 2.29. The Hall–Kier alpha value is -2.75.